The predicted octanol–water partition coefficient (Wildman–Crippen LogP) is 2.53. The highest BCUT2D eigenvalue weighted by atomic mass is 32.2. The summed E-state index contributed by atoms with van der Waals surface area (Å²) in [5.74, 6) is 0. The van der Waals surface area contributed by atoms with E-state index in [-0.39, 0.29) is 6.04 Å². The van der Waals surface area contributed by atoms with Gasteiger partial charge in [-0.05, 0) is 39.4 Å². The molecular weight excluding hydrogens is 254 g/mol. The number of nitrogens with one attached hydrogen (secondary N) is 1. The van der Waals surface area contributed by atoms with Crippen LogP contribution in [0.4, 0.5) is 0 Å². The Labute approximate surface area is 108 Å². The maximum absolute atomic E-state index is 11.9. The van der Waals surface area contributed by atoms with E-state index in [4.69, 9.17) is 0 Å². The lowest BCUT2D eigenvalue weighted by molar-refractivity contribution is 0.433. The minimum Gasteiger partial charge on any atom is -0.308 e. The fraction of sp³-hybridized carbons (Fsp3) is 0.667. The SMILES string of the molecule is CCNC(c1ccc(C)s1)C(C)(C)S(C)(=O)=O. The van der Waals surface area contributed by atoms with E-state index >= 15 is 0 Å². The van der Waals surface area contributed by atoms with Gasteiger partial charge in [-0.1, -0.05) is 6.92 Å². The molecule has 0 aliphatic rings. The van der Waals surface area contributed by atoms with Gasteiger partial charge < -0.3 is 5.32 Å². The minimum atomic E-state index is -3.12. The lowest BCUT2D eigenvalue weighted by atomic mass is 10.0. The van der Waals surface area contributed by atoms with Gasteiger partial charge >= 0.3 is 0 Å². The van der Waals surface area contributed by atoms with Crippen LogP contribution in [-0.2, 0) is 9.84 Å². The highest BCUT2D eigenvalue weighted by molar-refractivity contribution is 7.92. The van der Waals surface area contributed by atoms with Crippen molar-refractivity contribution >= 4 is 21.2 Å². The maximum atomic E-state index is 11.9. The summed E-state index contributed by atoms with van der Waals surface area (Å²) in [7, 11) is -3.12. The number of thiophene rings is 1. The monoisotopic (exact) mass is 275 g/mol. The lowest BCUT2D eigenvalue weighted by Gasteiger charge is -2.32. The number of sulfone groups is 1. The lowest BCUT2D eigenvalue weighted by Crippen LogP contribution is -2.44. The molecule has 0 aliphatic carbocycles. The quantitative estimate of drug-likeness (QED) is 0.898. The summed E-state index contributed by atoms with van der Waals surface area (Å²) in [6.45, 7) is 8.34. The van der Waals surface area contributed by atoms with Gasteiger partial charge in [-0.15, -0.1) is 11.3 Å². The summed E-state index contributed by atoms with van der Waals surface area (Å²) in [6, 6.07) is 3.89. The van der Waals surface area contributed by atoms with E-state index < -0.39 is 14.6 Å². The zero-order valence-electron chi connectivity index (χ0n) is 11.1. The molecule has 1 rings (SSSR count). The average molecular weight is 275 g/mol. The van der Waals surface area contributed by atoms with Crippen LogP contribution in [0.5, 0.6) is 0 Å². The van der Waals surface area contributed by atoms with Crippen LogP contribution in [0, 0.1) is 6.92 Å². The van der Waals surface area contributed by atoms with Crippen molar-refractivity contribution < 1.29 is 8.42 Å². The summed E-state index contributed by atoms with van der Waals surface area (Å²) in [4.78, 5) is 2.28. The second-order valence-electron chi connectivity index (χ2n) is 4.81. The van der Waals surface area contributed by atoms with Crippen molar-refractivity contribution in [2.75, 3.05) is 12.8 Å². The molecule has 98 valence electrons. The van der Waals surface area contributed by atoms with Crippen molar-refractivity contribution in [3.8, 4) is 0 Å². The molecule has 1 atom stereocenters. The molecule has 0 saturated heterocycles. The Balaban J connectivity index is 3.18. The second-order valence-corrected chi connectivity index (χ2v) is 8.73. The summed E-state index contributed by atoms with van der Waals surface area (Å²) < 4.78 is 23.0. The van der Waals surface area contributed by atoms with Crippen LogP contribution in [0.1, 0.15) is 36.6 Å². The van der Waals surface area contributed by atoms with E-state index in [0.29, 0.717) is 0 Å². The third-order valence-electron chi connectivity index (χ3n) is 3.10. The van der Waals surface area contributed by atoms with E-state index in [1.807, 2.05) is 26.0 Å². The Kier molecular flexibility index (Phi) is 4.38. The van der Waals surface area contributed by atoms with Crippen LogP contribution >= 0.6 is 11.3 Å². The largest absolute Gasteiger partial charge is 0.308 e. The zero-order valence-corrected chi connectivity index (χ0v) is 12.7. The first kappa shape index (κ1) is 14.7. The molecule has 0 aromatic carbocycles. The van der Waals surface area contributed by atoms with Gasteiger partial charge in [0, 0.05) is 16.0 Å². The van der Waals surface area contributed by atoms with Gasteiger partial charge in [0.2, 0.25) is 0 Å². The Morgan fingerprint density at radius 1 is 1.41 bits per heavy atom. The van der Waals surface area contributed by atoms with Crippen molar-refractivity contribution in [1.29, 1.82) is 0 Å². The van der Waals surface area contributed by atoms with Crippen molar-refractivity contribution in [1.82, 2.24) is 5.32 Å². The molecule has 0 saturated carbocycles. The van der Waals surface area contributed by atoms with Crippen molar-refractivity contribution in [2.45, 2.75) is 38.5 Å². The number of aryl methyl sites for hydroxylation is 1. The number of hydrogen-bond acceptors (Lipinski definition) is 4. The average Bonchev–Trinajstić information content (AvgIpc) is 2.58. The van der Waals surface area contributed by atoms with Crippen LogP contribution in [0.25, 0.3) is 0 Å². The Bertz CT molecular complexity index is 474. The molecule has 17 heavy (non-hydrogen) atoms. The molecule has 3 nitrogen and oxygen atoms in total. The van der Waals surface area contributed by atoms with Gasteiger partial charge in [-0.3, -0.25) is 0 Å². The molecule has 1 N–H and O–H groups in total. The van der Waals surface area contributed by atoms with Crippen LogP contribution < -0.4 is 5.32 Å². The molecule has 0 fully saturated rings. The van der Waals surface area contributed by atoms with Crippen LogP contribution in [0.15, 0.2) is 12.1 Å². The summed E-state index contributed by atoms with van der Waals surface area (Å²) >= 11 is 1.65. The van der Waals surface area contributed by atoms with Crippen molar-refractivity contribution in [3.05, 3.63) is 21.9 Å². The fourth-order valence-electron chi connectivity index (χ4n) is 1.72. The van der Waals surface area contributed by atoms with Crippen molar-refractivity contribution in [2.24, 2.45) is 0 Å². The number of hydrogen-bond donors (Lipinski definition) is 1. The van der Waals surface area contributed by atoms with E-state index in [1.165, 1.54) is 11.1 Å². The Morgan fingerprint density at radius 2 is 2.00 bits per heavy atom. The third-order valence-corrected chi connectivity index (χ3v) is 6.32. The highest BCUT2D eigenvalue weighted by Crippen LogP contribution is 2.35. The highest BCUT2D eigenvalue weighted by Gasteiger charge is 2.40. The molecule has 1 heterocycles. The molecule has 0 spiro atoms. The normalized spacial score (nSPS) is 14.9. The van der Waals surface area contributed by atoms with Gasteiger partial charge in [0.25, 0.3) is 0 Å². The first-order valence-electron chi connectivity index (χ1n) is 5.69. The van der Waals surface area contributed by atoms with Gasteiger partial charge in [-0.2, -0.15) is 0 Å². The Morgan fingerprint density at radius 3 is 2.35 bits per heavy atom. The van der Waals surface area contributed by atoms with Crippen LogP contribution in [-0.4, -0.2) is 26.0 Å². The van der Waals surface area contributed by atoms with Gasteiger partial charge in [0.1, 0.15) is 0 Å². The first-order chi connectivity index (χ1) is 7.70. The topological polar surface area (TPSA) is 46.2 Å². The predicted molar refractivity (Wildman–Crippen MR) is 74.4 cm³/mol. The van der Waals surface area contributed by atoms with Gasteiger partial charge in [0.05, 0.1) is 10.8 Å². The molecular formula is C12H21NO2S2. The molecule has 1 unspecified atom stereocenters. The van der Waals surface area contributed by atoms with Gasteiger partial charge in [0.15, 0.2) is 9.84 Å². The van der Waals surface area contributed by atoms with Crippen LogP contribution in [0.2, 0.25) is 0 Å². The van der Waals surface area contributed by atoms with Crippen molar-refractivity contribution in [3.63, 3.8) is 0 Å². The third kappa shape index (κ3) is 3.09. The fourth-order valence-corrected chi connectivity index (χ4v) is 3.57. The number of rotatable bonds is 5. The molecule has 0 aliphatic heterocycles. The van der Waals surface area contributed by atoms with Crippen LogP contribution in [0.3, 0.4) is 0 Å². The molecule has 1 aromatic rings. The zero-order chi connectivity index (χ0) is 13.3. The van der Waals surface area contributed by atoms with E-state index in [1.54, 1.807) is 25.2 Å². The van der Waals surface area contributed by atoms with E-state index in [0.717, 1.165) is 11.4 Å². The van der Waals surface area contributed by atoms with E-state index in [9.17, 15) is 8.42 Å². The molecule has 0 radical (unpaired) electrons. The Hall–Kier alpha value is -0.390. The molecule has 0 amide bonds. The molecule has 0 bridgehead atoms. The van der Waals surface area contributed by atoms with E-state index in [2.05, 4.69) is 5.32 Å². The second kappa shape index (κ2) is 5.08. The summed E-state index contributed by atoms with van der Waals surface area (Å²) in [6.07, 6.45) is 1.30. The standard InChI is InChI=1S/C12H21NO2S2/c1-6-13-11(10-8-7-9(2)16-10)12(3,4)17(5,14)15/h7-8,11,13H,6H2,1-5H3. The molecule has 5 heteroatoms. The smallest absolute Gasteiger partial charge is 0.154 e. The first-order valence-corrected chi connectivity index (χ1v) is 8.40. The molecule has 1 aromatic heterocycles. The summed E-state index contributed by atoms with van der Waals surface area (Å²) in [5, 5.41) is 3.29. The van der Waals surface area contributed by atoms with Gasteiger partial charge in [-0.25, -0.2) is 8.42 Å². The maximum Gasteiger partial charge on any atom is 0.154 e. The summed E-state index contributed by atoms with van der Waals surface area (Å²) in [5.41, 5.74) is 0. The minimum absolute atomic E-state index is 0.152.